The Bertz CT molecular complexity index is 2610. The molecule has 0 aliphatic heterocycles. The van der Waals surface area contributed by atoms with Crippen LogP contribution in [-0.2, 0) is 0 Å². The van der Waals surface area contributed by atoms with Gasteiger partial charge >= 0.3 is 0 Å². The molecule has 0 saturated heterocycles. The van der Waals surface area contributed by atoms with Gasteiger partial charge in [-0.25, -0.2) is 15.0 Å². The summed E-state index contributed by atoms with van der Waals surface area (Å²) >= 11 is 0. The van der Waals surface area contributed by atoms with Gasteiger partial charge in [0.1, 0.15) is 0 Å². The number of rotatable bonds is 6. The molecule has 234 valence electrons. The number of fused-ring (bicyclic) bond motifs is 3. The lowest BCUT2D eigenvalue weighted by Crippen LogP contribution is -2.00. The van der Waals surface area contributed by atoms with E-state index in [0.717, 1.165) is 33.4 Å². The molecule has 1 aromatic heterocycles. The second-order valence-corrected chi connectivity index (χ2v) is 12.4. The molecule has 0 spiro atoms. The van der Waals surface area contributed by atoms with E-state index in [1.165, 1.54) is 38.2 Å². The van der Waals surface area contributed by atoms with Crippen molar-refractivity contribution in [3.63, 3.8) is 0 Å². The van der Waals surface area contributed by atoms with Crippen LogP contribution in [0, 0.1) is 0 Å². The van der Waals surface area contributed by atoms with Crippen LogP contribution in [0.25, 0.3) is 89.1 Å². The smallest absolute Gasteiger partial charge is 0.164 e. The maximum absolute atomic E-state index is 5.07. The summed E-state index contributed by atoms with van der Waals surface area (Å²) in [5.41, 5.74) is 9.88. The van der Waals surface area contributed by atoms with E-state index in [1.807, 2.05) is 36.4 Å². The quantitative estimate of drug-likeness (QED) is 0.170. The Hall–Kier alpha value is -6.71. The van der Waals surface area contributed by atoms with E-state index in [1.54, 1.807) is 0 Å². The fourth-order valence-electron chi connectivity index (χ4n) is 6.95. The molecule has 0 fully saturated rings. The number of hydrogen-bond acceptors (Lipinski definition) is 3. The Balaban J connectivity index is 1.21. The normalized spacial score (nSPS) is 11.2. The van der Waals surface area contributed by atoms with Crippen LogP contribution in [0.1, 0.15) is 0 Å². The summed E-state index contributed by atoms with van der Waals surface area (Å²) in [7, 11) is 0. The van der Waals surface area contributed by atoms with E-state index in [4.69, 9.17) is 15.0 Å². The largest absolute Gasteiger partial charge is 0.208 e. The average molecular weight is 638 g/mol. The maximum atomic E-state index is 5.07. The zero-order valence-corrected chi connectivity index (χ0v) is 27.2. The van der Waals surface area contributed by atoms with Crippen molar-refractivity contribution in [3.05, 3.63) is 188 Å². The van der Waals surface area contributed by atoms with Crippen LogP contribution in [0.3, 0.4) is 0 Å². The molecule has 0 radical (unpaired) electrons. The SMILES string of the molecule is c1ccc(-c2cccc(-c3nc(-c4ccccc4)nc(-c4ccc(-c5c(-c6ccccc6)c6ccccc6c6ccccc56)cc4)n3)c2)cc1. The standard InChI is InChI=1S/C47H31N3/c1-4-15-32(16-5-1)37-21-14-22-38(31-37)47-49-45(35-19-8-3-9-20-35)48-46(50-47)36-29-27-34(28-30-36)44-42-26-13-11-24-40(42)39-23-10-12-25-41(39)43(44)33-17-6-2-7-18-33/h1-31H. The van der Waals surface area contributed by atoms with E-state index < -0.39 is 0 Å². The van der Waals surface area contributed by atoms with Gasteiger partial charge in [0.15, 0.2) is 17.5 Å². The molecule has 0 atom stereocenters. The van der Waals surface area contributed by atoms with Crippen LogP contribution >= 0.6 is 0 Å². The van der Waals surface area contributed by atoms with Crippen LogP contribution in [-0.4, -0.2) is 15.0 Å². The van der Waals surface area contributed by atoms with Gasteiger partial charge < -0.3 is 0 Å². The Morgan fingerprint density at radius 1 is 0.220 bits per heavy atom. The number of hydrogen-bond donors (Lipinski definition) is 0. The fraction of sp³-hybridized carbons (Fsp3) is 0. The molecule has 9 rings (SSSR count). The molecule has 0 bridgehead atoms. The molecule has 0 amide bonds. The first-order chi connectivity index (χ1) is 24.8. The molecule has 0 aliphatic carbocycles. The average Bonchev–Trinajstić information content (AvgIpc) is 3.21. The second-order valence-electron chi connectivity index (χ2n) is 12.4. The van der Waals surface area contributed by atoms with Crippen LogP contribution in [0.4, 0.5) is 0 Å². The van der Waals surface area contributed by atoms with E-state index in [-0.39, 0.29) is 0 Å². The van der Waals surface area contributed by atoms with E-state index in [0.29, 0.717) is 17.5 Å². The Morgan fingerprint density at radius 3 is 1.10 bits per heavy atom. The lowest BCUT2D eigenvalue weighted by atomic mass is 9.85. The topological polar surface area (TPSA) is 38.7 Å². The van der Waals surface area contributed by atoms with E-state index in [9.17, 15) is 0 Å². The van der Waals surface area contributed by atoms with Gasteiger partial charge in [-0.2, -0.15) is 0 Å². The predicted octanol–water partition coefficient (Wildman–Crippen LogP) is 12.2. The van der Waals surface area contributed by atoms with Gasteiger partial charge in [0.25, 0.3) is 0 Å². The number of nitrogens with zero attached hydrogens (tertiary/aromatic N) is 3. The van der Waals surface area contributed by atoms with Crippen molar-refractivity contribution in [2.24, 2.45) is 0 Å². The highest BCUT2D eigenvalue weighted by Crippen LogP contribution is 2.44. The van der Waals surface area contributed by atoms with Gasteiger partial charge in [-0.15, -0.1) is 0 Å². The molecule has 0 aliphatic rings. The summed E-state index contributed by atoms with van der Waals surface area (Å²) in [6, 6.07) is 65.8. The maximum Gasteiger partial charge on any atom is 0.164 e. The highest BCUT2D eigenvalue weighted by molar-refractivity contribution is 6.21. The minimum atomic E-state index is 0.636. The van der Waals surface area contributed by atoms with Gasteiger partial charge in [-0.05, 0) is 61.0 Å². The van der Waals surface area contributed by atoms with Gasteiger partial charge in [0.2, 0.25) is 0 Å². The van der Waals surface area contributed by atoms with Crippen LogP contribution in [0.5, 0.6) is 0 Å². The summed E-state index contributed by atoms with van der Waals surface area (Å²) < 4.78 is 0. The minimum Gasteiger partial charge on any atom is -0.208 e. The van der Waals surface area contributed by atoms with Gasteiger partial charge in [0, 0.05) is 16.7 Å². The van der Waals surface area contributed by atoms with Gasteiger partial charge in [0.05, 0.1) is 0 Å². The highest BCUT2D eigenvalue weighted by Gasteiger charge is 2.18. The van der Waals surface area contributed by atoms with Crippen LogP contribution < -0.4 is 0 Å². The Morgan fingerprint density at radius 2 is 0.560 bits per heavy atom. The van der Waals surface area contributed by atoms with Crippen molar-refractivity contribution in [2.75, 3.05) is 0 Å². The monoisotopic (exact) mass is 637 g/mol. The first kappa shape index (κ1) is 29.4. The van der Waals surface area contributed by atoms with Gasteiger partial charge in [-0.3, -0.25) is 0 Å². The molecule has 9 aromatic rings. The first-order valence-electron chi connectivity index (χ1n) is 16.9. The summed E-state index contributed by atoms with van der Waals surface area (Å²) in [5, 5.41) is 4.97. The Labute approximate surface area is 291 Å². The second kappa shape index (κ2) is 12.7. The highest BCUT2D eigenvalue weighted by atomic mass is 15.0. The van der Waals surface area contributed by atoms with Crippen LogP contribution in [0.15, 0.2) is 188 Å². The summed E-state index contributed by atoms with van der Waals surface area (Å²) in [5.74, 6) is 1.92. The van der Waals surface area contributed by atoms with Crippen LogP contribution in [0.2, 0.25) is 0 Å². The van der Waals surface area contributed by atoms with Crippen molar-refractivity contribution in [1.82, 2.24) is 15.0 Å². The third-order valence-corrected chi connectivity index (χ3v) is 9.32. The molecule has 50 heavy (non-hydrogen) atoms. The molecule has 0 N–H and O–H groups in total. The Kier molecular flexibility index (Phi) is 7.49. The minimum absolute atomic E-state index is 0.636. The summed E-state index contributed by atoms with van der Waals surface area (Å²) in [4.78, 5) is 15.1. The van der Waals surface area contributed by atoms with Crippen molar-refractivity contribution in [3.8, 4) is 67.5 Å². The molecule has 0 unspecified atom stereocenters. The zero-order chi connectivity index (χ0) is 33.3. The van der Waals surface area contributed by atoms with E-state index in [2.05, 4.69) is 152 Å². The van der Waals surface area contributed by atoms with Crippen molar-refractivity contribution in [1.29, 1.82) is 0 Å². The predicted molar refractivity (Wildman–Crippen MR) is 207 cm³/mol. The lowest BCUT2D eigenvalue weighted by Gasteiger charge is -2.18. The lowest BCUT2D eigenvalue weighted by molar-refractivity contribution is 1.07. The summed E-state index contributed by atoms with van der Waals surface area (Å²) in [6.07, 6.45) is 0. The molecule has 3 nitrogen and oxygen atoms in total. The molecule has 1 heterocycles. The molecule has 8 aromatic carbocycles. The third-order valence-electron chi connectivity index (χ3n) is 9.32. The molecule has 0 saturated carbocycles. The van der Waals surface area contributed by atoms with Gasteiger partial charge in [-0.1, -0.05) is 182 Å². The number of benzene rings is 8. The third kappa shape index (κ3) is 5.41. The number of aromatic nitrogens is 3. The van der Waals surface area contributed by atoms with Crippen molar-refractivity contribution in [2.45, 2.75) is 0 Å². The first-order valence-corrected chi connectivity index (χ1v) is 16.9. The zero-order valence-electron chi connectivity index (χ0n) is 27.2. The fourth-order valence-corrected chi connectivity index (χ4v) is 6.95. The summed E-state index contributed by atoms with van der Waals surface area (Å²) in [6.45, 7) is 0. The molecular formula is C47H31N3. The molecular weight excluding hydrogens is 607 g/mol. The van der Waals surface area contributed by atoms with E-state index >= 15 is 0 Å². The van der Waals surface area contributed by atoms with Crippen molar-refractivity contribution < 1.29 is 0 Å². The van der Waals surface area contributed by atoms with Crippen molar-refractivity contribution >= 4 is 21.5 Å². The molecule has 3 heteroatoms.